The fourth-order valence-corrected chi connectivity index (χ4v) is 3.73. The predicted molar refractivity (Wildman–Crippen MR) is 118 cm³/mol. The summed E-state index contributed by atoms with van der Waals surface area (Å²) in [7, 11) is 0. The van der Waals surface area contributed by atoms with E-state index in [2.05, 4.69) is 30.5 Å². The van der Waals surface area contributed by atoms with Crippen molar-refractivity contribution in [2.75, 3.05) is 30.3 Å². The van der Waals surface area contributed by atoms with Crippen LogP contribution in [0.3, 0.4) is 0 Å². The number of nitrogens with zero attached hydrogens (tertiary/aromatic N) is 4. The molecule has 0 spiro atoms. The first-order chi connectivity index (χ1) is 15.1. The number of aromatic nitrogens is 3. The lowest BCUT2D eigenvalue weighted by atomic mass is 9.93. The van der Waals surface area contributed by atoms with Gasteiger partial charge in [-0.3, -0.25) is 9.69 Å². The SMILES string of the molecule is Cc1c(F)cccc1NC(=O)CN1CCC(c2ccnc(Nc3ccccn3)n2)CC1. The number of carbonyl (C=O) groups excluding carboxylic acids is 1. The second kappa shape index (κ2) is 9.61. The first-order valence-corrected chi connectivity index (χ1v) is 10.4. The van der Waals surface area contributed by atoms with Gasteiger partial charge in [0.2, 0.25) is 11.9 Å². The van der Waals surface area contributed by atoms with Gasteiger partial charge in [-0.05, 0) is 63.2 Å². The second-order valence-corrected chi connectivity index (χ2v) is 7.66. The third kappa shape index (κ3) is 5.40. The van der Waals surface area contributed by atoms with Gasteiger partial charge < -0.3 is 10.6 Å². The van der Waals surface area contributed by atoms with E-state index in [1.165, 1.54) is 6.07 Å². The highest BCUT2D eigenvalue weighted by Gasteiger charge is 2.23. The van der Waals surface area contributed by atoms with Crippen molar-refractivity contribution in [2.45, 2.75) is 25.7 Å². The van der Waals surface area contributed by atoms with Gasteiger partial charge in [-0.2, -0.15) is 0 Å². The Hall–Kier alpha value is -3.39. The van der Waals surface area contributed by atoms with Crippen LogP contribution >= 0.6 is 0 Å². The molecule has 0 saturated carbocycles. The number of rotatable bonds is 6. The van der Waals surface area contributed by atoms with Gasteiger partial charge in [0.05, 0.1) is 6.54 Å². The molecule has 31 heavy (non-hydrogen) atoms. The van der Waals surface area contributed by atoms with Gasteiger partial charge in [-0.25, -0.2) is 19.3 Å². The molecular formula is C23H25FN6O. The lowest BCUT2D eigenvalue weighted by Crippen LogP contribution is -2.39. The average Bonchev–Trinajstić information content (AvgIpc) is 2.78. The fourth-order valence-electron chi connectivity index (χ4n) is 3.73. The highest BCUT2D eigenvalue weighted by Crippen LogP contribution is 2.27. The summed E-state index contributed by atoms with van der Waals surface area (Å²) in [6.45, 7) is 3.55. The Morgan fingerprint density at radius 3 is 2.71 bits per heavy atom. The number of carbonyl (C=O) groups is 1. The number of nitrogens with one attached hydrogen (secondary N) is 2. The molecule has 2 N–H and O–H groups in total. The Morgan fingerprint density at radius 2 is 1.94 bits per heavy atom. The molecule has 0 unspecified atom stereocenters. The standard InChI is InChI=1S/C23H25FN6O/c1-16-18(24)5-4-6-19(16)27-22(31)15-30-13-9-17(10-14-30)20-8-12-26-23(28-20)29-21-7-2-3-11-25-21/h2-8,11-12,17H,9-10,13-15H2,1H3,(H,27,31)(H,25,26,28,29). The van der Waals surface area contributed by atoms with Crippen LogP contribution in [0.1, 0.15) is 30.0 Å². The molecule has 3 aromatic rings. The van der Waals surface area contributed by atoms with Gasteiger partial charge in [0.25, 0.3) is 0 Å². The number of piperidine rings is 1. The fraction of sp³-hybridized carbons (Fsp3) is 0.304. The van der Waals surface area contributed by atoms with Crippen LogP contribution < -0.4 is 10.6 Å². The molecule has 7 nitrogen and oxygen atoms in total. The molecule has 4 rings (SSSR count). The normalized spacial score (nSPS) is 14.9. The monoisotopic (exact) mass is 420 g/mol. The number of anilines is 3. The number of benzene rings is 1. The van der Waals surface area contributed by atoms with Crippen molar-refractivity contribution in [3.05, 3.63) is 71.9 Å². The summed E-state index contributed by atoms with van der Waals surface area (Å²) in [6.07, 6.45) is 5.29. The Bertz CT molecular complexity index is 1040. The molecule has 3 heterocycles. The van der Waals surface area contributed by atoms with Crippen LogP contribution in [0.2, 0.25) is 0 Å². The van der Waals surface area contributed by atoms with Gasteiger partial charge in [-0.15, -0.1) is 0 Å². The number of amides is 1. The minimum absolute atomic E-state index is 0.129. The molecule has 1 aliphatic heterocycles. The van der Waals surface area contributed by atoms with Gasteiger partial charge in [-0.1, -0.05) is 12.1 Å². The summed E-state index contributed by atoms with van der Waals surface area (Å²) in [4.78, 5) is 27.7. The molecule has 1 aromatic carbocycles. The molecule has 0 bridgehead atoms. The number of hydrogen-bond acceptors (Lipinski definition) is 6. The van der Waals surface area contributed by atoms with Gasteiger partial charge >= 0.3 is 0 Å². The molecule has 1 saturated heterocycles. The maximum Gasteiger partial charge on any atom is 0.238 e. The first kappa shape index (κ1) is 20.9. The topological polar surface area (TPSA) is 83.0 Å². The quantitative estimate of drug-likeness (QED) is 0.630. The summed E-state index contributed by atoms with van der Waals surface area (Å²) in [5.74, 6) is 1.10. The van der Waals surface area contributed by atoms with Crippen LogP contribution in [-0.2, 0) is 4.79 Å². The minimum atomic E-state index is -0.319. The van der Waals surface area contributed by atoms with E-state index >= 15 is 0 Å². The van der Waals surface area contributed by atoms with Crippen LogP contribution in [0.5, 0.6) is 0 Å². The summed E-state index contributed by atoms with van der Waals surface area (Å²) >= 11 is 0. The largest absolute Gasteiger partial charge is 0.325 e. The number of halogens is 1. The molecule has 160 valence electrons. The predicted octanol–water partition coefficient (Wildman–Crippen LogP) is 3.88. The lowest BCUT2D eigenvalue weighted by Gasteiger charge is -2.31. The van der Waals surface area contributed by atoms with Crippen molar-refractivity contribution in [1.82, 2.24) is 19.9 Å². The zero-order valence-corrected chi connectivity index (χ0v) is 17.4. The van der Waals surface area contributed by atoms with Gasteiger partial charge in [0.15, 0.2) is 0 Å². The Morgan fingerprint density at radius 1 is 1.10 bits per heavy atom. The molecule has 8 heteroatoms. The zero-order valence-electron chi connectivity index (χ0n) is 17.4. The smallest absolute Gasteiger partial charge is 0.238 e. The number of pyridine rings is 1. The summed E-state index contributed by atoms with van der Waals surface area (Å²) in [5.41, 5.74) is 1.97. The molecule has 2 aromatic heterocycles. The summed E-state index contributed by atoms with van der Waals surface area (Å²) in [6, 6.07) is 12.3. The van der Waals surface area contributed by atoms with E-state index in [9.17, 15) is 9.18 Å². The van der Waals surface area contributed by atoms with Crippen molar-refractivity contribution >= 4 is 23.4 Å². The van der Waals surface area contributed by atoms with Crippen molar-refractivity contribution in [2.24, 2.45) is 0 Å². The third-order valence-corrected chi connectivity index (χ3v) is 5.50. The molecule has 0 aliphatic carbocycles. The van der Waals surface area contributed by atoms with Crippen molar-refractivity contribution in [3.63, 3.8) is 0 Å². The maximum atomic E-state index is 13.7. The van der Waals surface area contributed by atoms with Crippen molar-refractivity contribution < 1.29 is 9.18 Å². The third-order valence-electron chi connectivity index (χ3n) is 5.50. The Labute approximate surface area is 180 Å². The summed E-state index contributed by atoms with van der Waals surface area (Å²) < 4.78 is 13.7. The van der Waals surface area contributed by atoms with Crippen LogP contribution in [0.4, 0.5) is 21.8 Å². The van der Waals surface area contributed by atoms with E-state index in [4.69, 9.17) is 0 Å². The number of likely N-dealkylation sites (tertiary alicyclic amines) is 1. The maximum absolute atomic E-state index is 13.7. The Kier molecular flexibility index (Phi) is 6.47. The van der Waals surface area contributed by atoms with E-state index in [-0.39, 0.29) is 11.7 Å². The highest BCUT2D eigenvalue weighted by molar-refractivity contribution is 5.93. The van der Waals surface area contributed by atoms with Crippen LogP contribution in [0.15, 0.2) is 54.9 Å². The molecule has 1 amide bonds. The van der Waals surface area contributed by atoms with Gasteiger partial charge in [0, 0.05) is 35.3 Å². The second-order valence-electron chi connectivity index (χ2n) is 7.66. The zero-order chi connectivity index (χ0) is 21.6. The average molecular weight is 420 g/mol. The van der Waals surface area contributed by atoms with E-state index in [1.54, 1.807) is 31.5 Å². The van der Waals surface area contributed by atoms with E-state index in [0.717, 1.165) is 31.6 Å². The highest BCUT2D eigenvalue weighted by atomic mass is 19.1. The van der Waals surface area contributed by atoms with E-state index in [0.29, 0.717) is 35.5 Å². The molecule has 1 fully saturated rings. The van der Waals surface area contributed by atoms with Gasteiger partial charge in [0.1, 0.15) is 11.6 Å². The Balaban J connectivity index is 1.30. The molecular weight excluding hydrogens is 395 g/mol. The summed E-state index contributed by atoms with van der Waals surface area (Å²) in [5, 5.41) is 5.94. The van der Waals surface area contributed by atoms with E-state index in [1.807, 2.05) is 24.3 Å². The lowest BCUT2D eigenvalue weighted by molar-refractivity contribution is -0.117. The van der Waals surface area contributed by atoms with Crippen LogP contribution in [0.25, 0.3) is 0 Å². The minimum Gasteiger partial charge on any atom is -0.325 e. The molecule has 0 radical (unpaired) electrons. The van der Waals surface area contributed by atoms with E-state index < -0.39 is 0 Å². The van der Waals surface area contributed by atoms with Crippen LogP contribution in [-0.4, -0.2) is 45.4 Å². The number of hydrogen-bond donors (Lipinski definition) is 2. The molecule has 1 aliphatic rings. The van der Waals surface area contributed by atoms with Crippen LogP contribution in [0, 0.1) is 12.7 Å². The molecule has 0 atom stereocenters. The van der Waals surface area contributed by atoms with Crippen molar-refractivity contribution in [1.29, 1.82) is 0 Å². The first-order valence-electron chi connectivity index (χ1n) is 10.4. The van der Waals surface area contributed by atoms with Crippen molar-refractivity contribution in [3.8, 4) is 0 Å².